The van der Waals surface area contributed by atoms with E-state index in [1.807, 2.05) is 0 Å². The Morgan fingerprint density at radius 2 is 1.61 bits per heavy atom. The molecule has 106 valence electrons. The zero-order chi connectivity index (χ0) is 13.9. The summed E-state index contributed by atoms with van der Waals surface area (Å²) in [5, 5.41) is 0. The lowest BCUT2D eigenvalue weighted by atomic mass is 10.1. The predicted octanol–water partition coefficient (Wildman–Crippen LogP) is 2.79. The zero-order valence-electron chi connectivity index (χ0n) is 11.2. The molecule has 0 aromatic heterocycles. The van der Waals surface area contributed by atoms with E-state index in [-0.39, 0.29) is 22.6 Å². The summed E-state index contributed by atoms with van der Waals surface area (Å²) in [5.41, 5.74) is -2.38. The standard InChI is InChI=1S/C13H24F2O2Si/c1-2-12(16)17-11-9-7-5-3-4-6-8-10-13(14,15)18/h2H,1,3-11H2,18H3. The number of carbonyl (C=O) groups is 1. The highest BCUT2D eigenvalue weighted by atomic mass is 28.1. The Morgan fingerprint density at radius 3 is 2.11 bits per heavy atom. The molecule has 0 aliphatic carbocycles. The van der Waals surface area contributed by atoms with E-state index in [0.717, 1.165) is 44.6 Å². The van der Waals surface area contributed by atoms with Gasteiger partial charge in [0.2, 0.25) is 5.55 Å². The molecular weight excluding hydrogens is 254 g/mol. The van der Waals surface area contributed by atoms with Crippen molar-refractivity contribution >= 4 is 16.2 Å². The van der Waals surface area contributed by atoms with Gasteiger partial charge in [-0.3, -0.25) is 0 Å². The third-order valence-corrected chi connectivity index (χ3v) is 3.17. The fourth-order valence-corrected chi connectivity index (χ4v) is 2.01. The van der Waals surface area contributed by atoms with Crippen LogP contribution in [-0.4, -0.2) is 28.4 Å². The van der Waals surface area contributed by atoms with Gasteiger partial charge in [-0.1, -0.05) is 38.7 Å². The summed E-state index contributed by atoms with van der Waals surface area (Å²) in [7, 11) is -0.0345. The smallest absolute Gasteiger partial charge is 0.330 e. The minimum Gasteiger partial charge on any atom is -0.463 e. The topological polar surface area (TPSA) is 26.3 Å². The van der Waals surface area contributed by atoms with Gasteiger partial charge in [0.25, 0.3) is 0 Å². The van der Waals surface area contributed by atoms with E-state index in [1.165, 1.54) is 0 Å². The minimum absolute atomic E-state index is 0.0345. The number of hydrogen-bond acceptors (Lipinski definition) is 2. The highest BCUT2D eigenvalue weighted by Crippen LogP contribution is 2.18. The van der Waals surface area contributed by atoms with Crippen LogP contribution in [-0.2, 0) is 9.53 Å². The third-order valence-electron chi connectivity index (χ3n) is 2.67. The van der Waals surface area contributed by atoms with Crippen molar-refractivity contribution in [1.29, 1.82) is 0 Å². The summed E-state index contributed by atoms with van der Waals surface area (Å²) in [4.78, 5) is 10.7. The van der Waals surface area contributed by atoms with Gasteiger partial charge >= 0.3 is 5.97 Å². The third kappa shape index (κ3) is 13.4. The number of halogens is 2. The molecule has 0 bridgehead atoms. The van der Waals surface area contributed by atoms with Crippen LogP contribution in [0.1, 0.15) is 51.4 Å². The summed E-state index contributed by atoms with van der Waals surface area (Å²) in [6.07, 6.45) is 7.77. The first-order chi connectivity index (χ1) is 8.45. The van der Waals surface area contributed by atoms with Crippen LogP contribution in [0.15, 0.2) is 12.7 Å². The molecule has 0 aliphatic heterocycles. The molecule has 0 unspecified atom stereocenters. The van der Waals surface area contributed by atoms with Crippen LogP contribution in [0.3, 0.4) is 0 Å². The van der Waals surface area contributed by atoms with Crippen molar-refractivity contribution in [3.8, 4) is 0 Å². The predicted molar refractivity (Wildman–Crippen MR) is 73.0 cm³/mol. The lowest BCUT2D eigenvalue weighted by Crippen LogP contribution is -2.14. The quantitative estimate of drug-likeness (QED) is 0.251. The number of carbonyl (C=O) groups excluding carboxylic acids is 1. The molecule has 0 saturated carbocycles. The monoisotopic (exact) mass is 278 g/mol. The molecule has 0 saturated heterocycles. The normalized spacial score (nSPS) is 11.4. The second-order valence-electron chi connectivity index (χ2n) is 4.67. The van der Waals surface area contributed by atoms with Crippen LogP contribution in [0.25, 0.3) is 0 Å². The summed E-state index contributed by atoms with van der Waals surface area (Å²) >= 11 is 0. The molecular formula is C13H24F2O2Si. The second kappa shape index (κ2) is 10.2. The molecule has 0 fully saturated rings. The Bertz CT molecular complexity index is 240. The highest BCUT2D eigenvalue weighted by Gasteiger charge is 2.18. The SMILES string of the molecule is C=CC(=O)OCCCCCCCCCC(F)(F)[SiH3]. The lowest BCUT2D eigenvalue weighted by Gasteiger charge is -2.09. The van der Waals surface area contributed by atoms with Crippen LogP contribution in [0.5, 0.6) is 0 Å². The number of ether oxygens (including phenoxy) is 1. The summed E-state index contributed by atoms with van der Waals surface area (Å²) < 4.78 is 29.9. The Kier molecular flexibility index (Phi) is 9.83. The largest absolute Gasteiger partial charge is 0.463 e. The van der Waals surface area contributed by atoms with Crippen molar-refractivity contribution in [1.82, 2.24) is 0 Å². The van der Waals surface area contributed by atoms with Gasteiger partial charge in [-0.05, 0) is 12.8 Å². The molecule has 0 N–H and O–H groups in total. The van der Waals surface area contributed by atoms with Crippen molar-refractivity contribution in [3.05, 3.63) is 12.7 Å². The molecule has 0 atom stereocenters. The van der Waals surface area contributed by atoms with Gasteiger partial charge < -0.3 is 4.74 Å². The van der Waals surface area contributed by atoms with Crippen molar-refractivity contribution in [2.24, 2.45) is 0 Å². The maximum absolute atomic E-state index is 12.5. The number of esters is 1. The second-order valence-corrected chi connectivity index (χ2v) is 6.13. The molecule has 0 rings (SSSR count). The fraction of sp³-hybridized carbons (Fsp3) is 0.769. The summed E-state index contributed by atoms with van der Waals surface area (Å²) in [6.45, 7) is 3.75. The molecule has 0 spiro atoms. The first-order valence-electron chi connectivity index (χ1n) is 6.63. The van der Waals surface area contributed by atoms with E-state index >= 15 is 0 Å². The minimum atomic E-state index is -2.38. The van der Waals surface area contributed by atoms with Crippen LogP contribution >= 0.6 is 0 Å². The van der Waals surface area contributed by atoms with E-state index in [2.05, 4.69) is 6.58 Å². The van der Waals surface area contributed by atoms with Crippen LogP contribution in [0.2, 0.25) is 0 Å². The van der Waals surface area contributed by atoms with E-state index in [4.69, 9.17) is 4.74 Å². The van der Waals surface area contributed by atoms with E-state index in [9.17, 15) is 13.6 Å². The van der Waals surface area contributed by atoms with Gasteiger partial charge in [0.15, 0.2) is 0 Å². The lowest BCUT2D eigenvalue weighted by molar-refractivity contribution is -0.137. The first-order valence-corrected chi connectivity index (χ1v) is 7.63. The van der Waals surface area contributed by atoms with Gasteiger partial charge in [-0.25, -0.2) is 13.6 Å². The van der Waals surface area contributed by atoms with E-state index in [1.54, 1.807) is 0 Å². The maximum Gasteiger partial charge on any atom is 0.330 e. The van der Waals surface area contributed by atoms with Crippen LogP contribution in [0.4, 0.5) is 8.78 Å². The van der Waals surface area contributed by atoms with Gasteiger partial charge in [-0.2, -0.15) is 0 Å². The Balaban J connectivity index is 3.12. The van der Waals surface area contributed by atoms with Crippen molar-refractivity contribution in [2.45, 2.75) is 56.9 Å². The van der Waals surface area contributed by atoms with Crippen molar-refractivity contribution < 1.29 is 18.3 Å². The molecule has 0 aromatic carbocycles. The molecule has 0 aromatic rings. The molecule has 0 heterocycles. The fourth-order valence-electron chi connectivity index (χ4n) is 1.65. The Morgan fingerprint density at radius 1 is 1.11 bits per heavy atom. The molecule has 2 nitrogen and oxygen atoms in total. The van der Waals surface area contributed by atoms with E-state index in [0.29, 0.717) is 13.0 Å². The van der Waals surface area contributed by atoms with Gasteiger partial charge in [-0.15, -0.1) is 0 Å². The maximum atomic E-state index is 12.5. The highest BCUT2D eigenvalue weighted by molar-refractivity contribution is 6.13. The van der Waals surface area contributed by atoms with Gasteiger partial charge in [0.05, 0.1) is 16.8 Å². The number of alkyl halides is 2. The van der Waals surface area contributed by atoms with E-state index < -0.39 is 5.55 Å². The van der Waals surface area contributed by atoms with Crippen molar-refractivity contribution in [3.63, 3.8) is 0 Å². The molecule has 0 aliphatic rings. The molecule has 18 heavy (non-hydrogen) atoms. The molecule has 0 radical (unpaired) electrons. The zero-order valence-corrected chi connectivity index (χ0v) is 13.2. The average Bonchev–Trinajstić information content (AvgIpc) is 2.29. The van der Waals surface area contributed by atoms with Gasteiger partial charge in [0.1, 0.15) is 0 Å². The first kappa shape index (κ1) is 17.3. The van der Waals surface area contributed by atoms with Crippen LogP contribution in [0, 0.1) is 0 Å². The number of rotatable bonds is 11. The molecule has 0 amide bonds. The summed E-state index contributed by atoms with van der Waals surface area (Å²) in [5.74, 6) is -0.376. The van der Waals surface area contributed by atoms with Crippen molar-refractivity contribution in [2.75, 3.05) is 6.61 Å². The summed E-state index contributed by atoms with van der Waals surface area (Å²) in [6, 6.07) is 0. The molecule has 5 heteroatoms. The number of hydrogen-bond donors (Lipinski definition) is 0. The number of unbranched alkanes of at least 4 members (excludes halogenated alkanes) is 6. The van der Waals surface area contributed by atoms with Gasteiger partial charge in [0, 0.05) is 12.5 Å². The average molecular weight is 278 g/mol. The Hall–Kier alpha value is -0.713. The van der Waals surface area contributed by atoms with Crippen LogP contribution < -0.4 is 0 Å². The Labute approximate surface area is 111 Å².